The van der Waals surface area contributed by atoms with Gasteiger partial charge in [-0.1, -0.05) is 35.5 Å². The van der Waals surface area contributed by atoms with Gasteiger partial charge in [-0.3, -0.25) is 4.79 Å². The summed E-state index contributed by atoms with van der Waals surface area (Å²) >= 11 is 0. The fourth-order valence-electron chi connectivity index (χ4n) is 2.34. The summed E-state index contributed by atoms with van der Waals surface area (Å²) in [6.07, 6.45) is 1.83. The number of benzene rings is 1. The van der Waals surface area contributed by atoms with Crippen LogP contribution in [0.1, 0.15) is 40.5 Å². The van der Waals surface area contributed by atoms with Crippen LogP contribution in [0.5, 0.6) is 0 Å². The topological polar surface area (TPSA) is 97.1 Å². The summed E-state index contributed by atoms with van der Waals surface area (Å²) in [4.78, 5) is 23.2. The molecule has 1 heterocycles. The molecule has 1 aromatic heterocycles. The number of carboxylic acid groups (broad SMARTS) is 1. The van der Waals surface area contributed by atoms with Gasteiger partial charge in [0.15, 0.2) is 5.69 Å². The number of carboxylic acids is 1. The van der Waals surface area contributed by atoms with Gasteiger partial charge >= 0.3 is 5.97 Å². The molecule has 1 aromatic carbocycles. The number of amides is 1. The number of carbonyl (C=O) groups excluding carboxylic acids is 1. The van der Waals surface area contributed by atoms with E-state index in [1.807, 2.05) is 30.3 Å². The predicted octanol–water partition coefficient (Wildman–Crippen LogP) is 1.17. The first-order chi connectivity index (χ1) is 10.6. The van der Waals surface area contributed by atoms with Crippen LogP contribution in [-0.2, 0) is 17.9 Å². The van der Waals surface area contributed by atoms with Crippen LogP contribution in [0.4, 0.5) is 0 Å². The quantitative estimate of drug-likeness (QED) is 0.834. The third kappa shape index (κ3) is 3.13. The fraction of sp³-hybridized carbons (Fsp3) is 0.333. The number of hydrogen-bond donors (Lipinski definition) is 2. The van der Waals surface area contributed by atoms with E-state index in [0.717, 1.165) is 18.4 Å². The Balaban J connectivity index is 1.65. The highest BCUT2D eigenvalue weighted by molar-refractivity contribution is 5.87. The maximum absolute atomic E-state index is 12.0. The lowest BCUT2D eigenvalue weighted by Crippen LogP contribution is -2.28. The van der Waals surface area contributed by atoms with Crippen molar-refractivity contribution in [3.05, 3.63) is 47.3 Å². The van der Waals surface area contributed by atoms with Gasteiger partial charge in [0.2, 0.25) is 5.91 Å². The van der Waals surface area contributed by atoms with E-state index in [2.05, 4.69) is 15.6 Å². The monoisotopic (exact) mass is 300 g/mol. The molecular weight excluding hydrogens is 284 g/mol. The molecule has 22 heavy (non-hydrogen) atoms. The molecule has 114 valence electrons. The summed E-state index contributed by atoms with van der Waals surface area (Å²) in [5, 5.41) is 19.4. The van der Waals surface area contributed by atoms with Crippen LogP contribution < -0.4 is 5.32 Å². The maximum Gasteiger partial charge on any atom is 0.358 e. The molecule has 1 saturated carbocycles. The number of hydrogen-bond acceptors (Lipinski definition) is 4. The zero-order chi connectivity index (χ0) is 15.5. The second kappa shape index (κ2) is 5.97. The van der Waals surface area contributed by atoms with E-state index >= 15 is 0 Å². The zero-order valence-corrected chi connectivity index (χ0v) is 11.9. The lowest BCUT2D eigenvalue weighted by Gasteiger charge is -2.07. The van der Waals surface area contributed by atoms with Crippen LogP contribution in [0, 0.1) is 0 Å². The normalized spacial score (nSPS) is 13.8. The first-order valence-electron chi connectivity index (χ1n) is 7.12. The van der Waals surface area contributed by atoms with Crippen molar-refractivity contribution in [3.8, 4) is 0 Å². The molecule has 1 amide bonds. The van der Waals surface area contributed by atoms with Crippen molar-refractivity contribution in [2.75, 3.05) is 0 Å². The number of aromatic nitrogens is 3. The fourth-order valence-corrected chi connectivity index (χ4v) is 2.34. The standard InChI is InChI=1S/C15H16N4O3/c20-12(16-8-10-4-2-1-3-5-10)9-19-14(11-6-7-11)13(15(21)22)17-18-19/h1-5,11H,6-9H2,(H,16,20)(H,21,22). The van der Waals surface area contributed by atoms with Crippen molar-refractivity contribution >= 4 is 11.9 Å². The number of nitrogens with one attached hydrogen (secondary N) is 1. The minimum Gasteiger partial charge on any atom is -0.476 e. The summed E-state index contributed by atoms with van der Waals surface area (Å²) < 4.78 is 1.40. The molecule has 2 aromatic rings. The molecular formula is C15H16N4O3. The molecule has 0 saturated heterocycles. The molecule has 1 aliphatic carbocycles. The lowest BCUT2D eigenvalue weighted by molar-refractivity contribution is -0.122. The molecule has 0 radical (unpaired) electrons. The van der Waals surface area contributed by atoms with Gasteiger partial charge in [-0.2, -0.15) is 0 Å². The predicted molar refractivity (Wildman–Crippen MR) is 77.2 cm³/mol. The van der Waals surface area contributed by atoms with Gasteiger partial charge in [0.25, 0.3) is 0 Å². The van der Waals surface area contributed by atoms with Crippen molar-refractivity contribution in [3.63, 3.8) is 0 Å². The van der Waals surface area contributed by atoms with E-state index in [4.69, 9.17) is 5.11 Å². The van der Waals surface area contributed by atoms with Crippen LogP contribution in [0.3, 0.4) is 0 Å². The largest absolute Gasteiger partial charge is 0.476 e. The Hall–Kier alpha value is -2.70. The van der Waals surface area contributed by atoms with Gasteiger partial charge < -0.3 is 10.4 Å². The Kier molecular flexibility index (Phi) is 3.86. The average Bonchev–Trinajstić information content (AvgIpc) is 3.27. The molecule has 7 heteroatoms. The van der Waals surface area contributed by atoms with Gasteiger partial charge in [0.1, 0.15) is 6.54 Å². The van der Waals surface area contributed by atoms with Crippen LogP contribution in [0.2, 0.25) is 0 Å². The molecule has 2 N–H and O–H groups in total. The highest BCUT2D eigenvalue weighted by Crippen LogP contribution is 2.41. The number of nitrogens with zero attached hydrogens (tertiary/aromatic N) is 3. The summed E-state index contributed by atoms with van der Waals surface area (Å²) in [7, 11) is 0. The molecule has 3 rings (SSSR count). The van der Waals surface area contributed by atoms with Crippen molar-refractivity contribution in [2.24, 2.45) is 0 Å². The summed E-state index contributed by atoms with van der Waals surface area (Å²) in [5.74, 6) is -1.16. The number of aromatic carboxylic acids is 1. The van der Waals surface area contributed by atoms with Gasteiger partial charge in [0.05, 0.1) is 5.69 Å². The van der Waals surface area contributed by atoms with Gasteiger partial charge in [-0.25, -0.2) is 9.48 Å². The molecule has 0 spiro atoms. The second-order valence-corrected chi connectivity index (χ2v) is 5.32. The van der Waals surface area contributed by atoms with Crippen molar-refractivity contribution < 1.29 is 14.7 Å². The van der Waals surface area contributed by atoms with E-state index in [-0.39, 0.29) is 24.1 Å². The number of rotatable bonds is 6. The zero-order valence-electron chi connectivity index (χ0n) is 11.9. The van der Waals surface area contributed by atoms with E-state index in [0.29, 0.717) is 12.2 Å². The molecule has 1 aliphatic rings. The minimum absolute atomic E-state index is 0.0149. The van der Waals surface area contributed by atoms with Crippen molar-refractivity contribution in [2.45, 2.75) is 31.8 Å². The van der Waals surface area contributed by atoms with Gasteiger partial charge in [-0.05, 0) is 18.4 Å². The van der Waals surface area contributed by atoms with Gasteiger partial charge in [-0.15, -0.1) is 5.10 Å². The summed E-state index contributed by atoms with van der Waals surface area (Å²) in [6.45, 7) is 0.415. The Morgan fingerprint density at radius 1 is 1.27 bits per heavy atom. The smallest absolute Gasteiger partial charge is 0.358 e. The first-order valence-corrected chi connectivity index (χ1v) is 7.12. The third-order valence-corrected chi connectivity index (χ3v) is 3.57. The van der Waals surface area contributed by atoms with E-state index in [1.165, 1.54) is 4.68 Å². The minimum atomic E-state index is -1.10. The van der Waals surface area contributed by atoms with Crippen LogP contribution in [0.25, 0.3) is 0 Å². The van der Waals surface area contributed by atoms with Crippen LogP contribution in [-0.4, -0.2) is 32.0 Å². The Morgan fingerprint density at radius 3 is 2.64 bits per heavy atom. The average molecular weight is 300 g/mol. The van der Waals surface area contributed by atoms with E-state index in [1.54, 1.807) is 0 Å². The molecule has 1 fully saturated rings. The summed E-state index contributed by atoms with van der Waals surface area (Å²) in [5.41, 5.74) is 1.52. The first kappa shape index (κ1) is 14.2. The maximum atomic E-state index is 12.0. The highest BCUT2D eigenvalue weighted by Gasteiger charge is 2.34. The van der Waals surface area contributed by atoms with Crippen LogP contribution in [0.15, 0.2) is 30.3 Å². The Morgan fingerprint density at radius 2 is 2.00 bits per heavy atom. The third-order valence-electron chi connectivity index (χ3n) is 3.57. The highest BCUT2D eigenvalue weighted by atomic mass is 16.4. The lowest BCUT2D eigenvalue weighted by atomic mass is 10.2. The molecule has 0 unspecified atom stereocenters. The van der Waals surface area contributed by atoms with E-state index < -0.39 is 5.97 Å². The molecule has 0 bridgehead atoms. The SMILES string of the molecule is O=C(Cn1nnc(C(=O)O)c1C1CC1)NCc1ccccc1. The molecule has 0 aliphatic heterocycles. The van der Waals surface area contributed by atoms with E-state index in [9.17, 15) is 9.59 Å². The van der Waals surface area contributed by atoms with Crippen molar-refractivity contribution in [1.29, 1.82) is 0 Å². The number of carbonyl (C=O) groups is 2. The Bertz CT molecular complexity index is 692. The van der Waals surface area contributed by atoms with Crippen molar-refractivity contribution in [1.82, 2.24) is 20.3 Å². The second-order valence-electron chi connectivity index (χ2n) is 5.32. The Labute approximate surface area is 126 Å². The van der Waals surface area contributed by atoms with Gasteiger partial charge in [0, 0.05) is 12.5 Å². The van der Waals surface area contributed by atoms with Crippen LogP contribution >= 0.6 is 0 Å². The molecule has 7 nitrogen and oxygen atoms in total. The molecule has 0 atom stereocenters. The summed E-state index contributed by atoms with van der Waals surface area (Å²) in [6, 6.07) is 9.57.